The van der Waals surface area contributed by atoms with Crippen LogP contribution < -0.4 is 10.8 Å². The van der Waals surface area contributed by atoms with Gasteiger partial charge in [-0.15, -0.1) is 0 Å². The maximum absolute atomic E-state index is 15.2. The Kier molecular flexibility index (Phi) is 7.59. The summed E-state index contributed by atoms with van der Waals surface area (Å²) in [5.74, 6) is -1.08. The van der Waals surface area contributed by atoms with E-state index >= 15 is 4.39 Å². The number of nitrogens with zero attached hydrogens (tertiary/aromatic N) is 4. The maximum atomic E-state index is 15.2. The fourth-order valence-corrected chi connectivity index (χ4v) is 6.05. The summed E-state index contributed by atoms with van der Waals surface area (Å²) >= 11 is 6.59. The molecule has 0 saturated carbocycles. The van der Waals surface area contributed by atoms with Gasteiger partial charge in [-0.1, -0.05) is 25.4 Å². The quantitative estimate of drug-likeness (QED) is 0.254. The van der Waals surface area contributed by atoms with Gasteiger partial charge < -0.3 is 9.88 Å². The molecule has 0 aliphatic carbocycles. The number of pyridine rings is 3. The standard InChI is InChI=1S/C27H25ClF2N5OP/c1-5-37(36,6-2)23-10-8-18(14-32-23)25-21(30)12-22-26(35-25)27(24(28)16(4)33-22)34-15(3)19-11-17(13-31)7-9-20(19)29/h7-12,14-15H,5-6H2,1-4H3,(H,33,34). The molecule has 190 valence electrons. The van der Waals surface area contributed by atoms with Crippen molar-refractivity contribution in [1.29, 1.82) is 5.26 Å². The largest absolute Gasteiger partial charge is 0.375 e. The molecule has 1 atom stereocenters. The van der Waals surface area contributed by atoms with Crippen molar-refractivity contribution in [2.75, 3.05) is 17.6 Å². The van der Waals surface area contributed by atoms with Crippen LogP contribution in [-0.4, -0.2) is 27.3 Å². The Bertz CT molecular complexity index is 1580. The lowest BCUT2D eigenvalue weighted by Crippen LogP contribution is -2.13. The van der Waals surface area contributed by atoms with E-state index in [1.54, 1.807) is 26.0 Å². The molecule has 0 radical (unpaired) electrons. The van der Waals surface area contributed by atoms with Gasteiger partial charge in [-0.2, -0.15) is 5.26 Å². The molecule has 1 unspecified atom stereocenters. The van der Waals surface area contributed by atoms with E-state index in [4.69, 9.17) is 11.6 Å². The Morgan fingerprint density at radius 3 is 2.46 bits per heavy atom. The second-order valence-corrected chi connectivity index (χ2v) is 12.6. The third-order valence-electron chi connectivity index (χ3n) is 6.43. The summed E-state index contributed by atoms with van der Waals surface area (Å²) in [4.78, 5) is 13.3. The van der Waals surface area contributed by atoms with Gasteiger partial charge in [-0.3, -0.25) is 4.98 Å². The van der Waals surface area contributed by atoms with Crippen LogP contribution in [0.2, 0.25) is 5.02 Å². The molecule has 37 heavy (non-hydrogen) atoms. The highest BCUT2D eigenvalue weighted by molar-refractivity contribution is 7.71. The number of benzene rings is 1. The van der Waals surface area contributed by atoms with Crippen LogP contribution >= 0.6 is 18.7 Å². The molecular formula is C27H25ClF2N5OP. The second kappa shape index (κ2) is 10.5. The summed E-state index contributed by atoms with van der Waals surface area (Å²) in [6.45, 7) is 7.13. The first-order valence-corrected chi connectivity index (χ1v) is 14.2. The smallest absolute Gasteiger partial charge is 0.151 e. The van der Waals surface area contributed by atoms with E-state index in [1.807, 2.05) is 19.9 Å². The molecule has 0 fully saturated rings. The van der Waals surface area contributed by atoms with Crippen LogP contribution in [0.25, 0.3) is 22.3 Å². The normalized spacial score (nSPS) is 12.4. The first-order chi connectivity index (χ1) is 17.6. The number of anilines is 1. The van der Waals surface area contributed by atoms with Crippen molar-refractivity contribution in [2.45, 2.75) is 33.7 Å². The Labute approximate surface area is 219 Å². The minimum absolute atomic E-state index is 0.0319. The minimum Gasteiger partial charge on any atom is -0.375 e. The fraction of sp³-hybridized carbons (Fsp3) is 0.259. The van der Waals surface area contributed by atoms with Crippen LogP contribution in [0.1, 0.15) is 43.6 Å². The lowest BCUT2D eigenvalue weighted by Gasteiger charge is -2.20. The van der Waals surface area contributed by atoms with E-state index in [9.17, 15) is 14.2 Å². The lowest BCUT2D eigenvalue weighted by atomic mass is 10.0. The average Bonchev–Trinajstić information content (AvgIpc) is 2.91. The molecule has 4 aromatic rings. The van der Waals surface area contributed by atoms with Crippen LogP contribution in [0.3, 0.4) is 0 Å². The van der Waals surface area contributed by atoms with E-state index in [0.29, 0.717) is 45.8 Å². The molecule has 3 aromatic heterocycles. The predicted molar refractivity (Wildman–Crippen MR) is 144 cm³/mol. The van der Waals surface area contributed by atoms with Gasteiger partial charge in [0.25, 0.3) is 0 Å². The van der Waals surface area contributed by atoms with Crippen molar-refractivity contribution < 1.29 is 13.3 Å². The van der Waals surface area contributed by atoms with Crippen LogP contribution in [0.5, 0.6) is 0 Å². The van der Waals surface area contributed by atoms with E-state index in [2.05, 4.69) is 20.3 Å². The van der Waals surface area contributed by atoms with Crippen LogP contribution in [0.15, 0.2) is 42.6 Å². The van der Waals surface area contributed by atoms with Gasteiger partial charge in [-0.25, -0.2) is 18.7 Å². The summed E-state index contributed by atoms with van der Waals surface area (Å²) in [7, 11) is -2.58. The summed E-state index contributed by atoms with van der Waals surface area (Å²) in [5.41, 5.74) is 2.92. The Morgan fingerprint density at radius 2 is 1.84 bits per heavy atom. The molecule has 3 heterocycles. The van der Waals surface area contributed by atoms with Crippen molar-refractivity contribution in [3.8, 4) is 17.3 Å². The van der Waals surface area contributed by atoms with Gasteiger partial charge in [0.1, 0.15) is 24.2 Å². The minimum atomic E-state index is -2.58. The van der Waals surface area contributed by atoms with Gasteiger partial charge in [0, 0.05) is 35.7 Å². The summed E-state index contributed by atoms with van der Waals surface area (Å²) in [5, 5.41) is 12.7. The number of nitrogens with one attached hydrogen (secondary N) is 1. The third kappa shape index (κ3) is 5.07. The lowest BCUT2D eigenvalue weighted by molar-refractivity contribution is 0.582. The fourth-order valence-electron chi connectivity index (χ4n) is 4.15. The van der Waals surface area contributed by atoms with Crippen molar-refractivity contribution in [3.63, 3.8) is 0 Å². The molecule has 0 aliphatic heterocycles. The highest BCUT2D eigenvalue weighted by atomic mass is 35.5. The number of fused-ring (bicyclic) bond motifs is 1. The molecular weight excluding hydrogens is 515 g/mol. The molecule has 6 nitrogen and oxygen atoms in total. The van der Waals surface area contributed by atoms with E-state index in [0.717, 1.165) is 0 Å². The Hall–Kier alpha value is -3.40. The number of hydrogen-bond acceptors (Lipinski definition) is 6. The zero-order valence-electron chi connectivity index (χ0n) is 20.8. The summed E-state index contributed by atoms with van der Waals surface area (Å²) in [6.07, 6.45) is 2.45. The van der Waals surface area contributed by atoms with Crippen LogP contribution in [0.4, 0.5) is 14.5 Å². The second-order valence-electron chi connectivity index (χ2n) is 8.71. The van der Waals surface area contributed by atoms with Crippen molar-refractivity contribution >= 4 is 40.9 Å². The van der Waals surface area contributed by atoms with Gasteiger partial charge >= 0.3 is 0 Å². The SMILES string of the molecule is CCP(=O)(CC)c1ccc(-c2nc3c(NC(C)c4cc(C#N)ccc4F)c(Cl)c(C)nc3cc2F)cn1. The Balaban J connectivity index is 1.82. The van der Waals surface area contributed by atoms with E-state index in [-0.39, 0.29) is 21.8 Å². The highest BCUT2D eigenvalue weighted by Crippen LogP contribution is 2.43. The molecule has 0 spiro atoms. The zero-order valence-corrected chi connectivity index (χ0v) is 22.5. The van der Waals surface area contributed by atoms with Crippen LogP contribution in [0, 0.1) is 29.9 Å². The number of halogens is 3. The third-order valence-corrected chi connectivity index (χ3v) is 10.0. The molecule has 0 bridgehead atoms. The summed E-state index contributed by atoms with van der Waals surface area (Å²) < 4.78 is 42.8. The molecule has 4 rings (SSSR count). The molecule has 1 N–H and O–H groups in total. The Morgan fingerprint density at radius 1 is 1.11 bits per heavy atom. The number of aromatic nitrogens is 3. The molecule has 1 aromatic carbocycles. The van der Waals surface area contributed by atoms with Gasteiger partial charge in [0.2, 0.25) is 0 Å². The number of hydrogen-bond donors (Lipinski definition) is 1. The van der Waals surface area contributed by atoms with E-state index in [1.165, 1.54) is 30.5 Å². The van der Waals surface area contributed by atoms with Gasteiger partial charge in [0.05, 0.1) is 45.0 Å². The zero-order chi connectivity index (χ0) is 26.9. The predicted octanol–water partition coefficient (Wildman–Crippen LogP) is 7.00. The molecule has 0 amide bonds. The van der Waals surface area contributed by atoms with E-state index < -0.39 is 24.8 Å². The number of rotatable bonds is 7. The highest BCUT2D eigenvalue weighted by Gasteiger charge is 2.23. The topological polar surface area (TPSA) is 91.6 Å². The van der Waals surface area contributed by atoms with Gasteiger partial charge in [0.15, 0.2) is 5.82 Å². The first kappa shape index (κ1) is 26.7. The number of nitriles is 1. The molecule has 0 saturated heterocycles. The number of aryl methyl sites for hydroxylation is 1. The monoisotopic (exact) mass is 539 g/mol. The van der Waals surface area contributed by atoms with Crippen molar-refractivity contribution in [1.82, 2.24) is 15.0 Å². The summed E-state index contributed by atoms with van der Waals surface area (Å²) in [6, 6.07) is 10.1. The van der Waals surface area contributed by atoms with Gasteiger partial charge in [-0.05, 0) is 44.2 Å². The average molecular weight is 540 g/mol. The van der Waals surface area contributed by atoms with Crippen molar-refractivity contribution in [2.24, 2.45) is 0 Å². The van der Waals surface area contributed by atoms with Crippen LogP contribution in [-0.2, 0) is 4.57 Å². The molecule has 10 heteroatoms. The molecule has 0 aliphatic rings. The maximum Gasteiger partial charge on any atom is 0.151 e. The van der Waals surface area contributed by atoms with Crippen molar-refractivity contribution in [3.05, 3.63) is 76.1 Å². The first-order valence-electron chi connectivity index (χ1n) is 11.8.